The molecule has 0 bridgehead atoms. The van der Waals surface area contributed by atoms with Crippen molar-refractivity contribution in [1.82, 2.24) is 4.31 Å². The zero-order valence-corrected chi connectivity index (χ0v) is 11.8. The zero-order valence-electron chi connectivity index (χ0n) is 11.0. The molecule has 0 saturated heterocycles. The summed E-state index contributed by atoms with van der Waals surface area (Å²) in [6, 6.07) is 1.59. The van der Waals surface area contributed by atoms with Crippen molar-refractivity contribution in [2.45, 2.75) is 18.0 Å². The second-order valence-corrected chi connectivity index (χ2v) is 6.22. The molecule has 0 amide bonds. The molecule has 0 heterocycles. The Morgan fingerprint density at radius 1 is 1.33 bits per heavy atom. The second-order valence-electron chi connectivity index (χ2n) is 4.32. The highest BCUT2D eigenvalue weighted by molar-refractivity contribution is 7.89. The molecule has 0 unspecified atom stereocenters. The predicted octanol–water partition coefficient (Wildman–Crippen LogP) is 1.26. The van der Waals surface area contributed by atoms with Gasteiger partial charge in [0.15, 0.2) is 0 Å². The van der Waals surface area contributed by atoms with Crippen molar-refractivity contribution in [3.8, 4) is 0 Å². The van der Waals surface area contributed by atoms with E-state index in [4.69, 9.17) is 10.8 Å². The minimum Gasteiger partial charge on any atom is -0.398 e. The average Bonchev–Trinajstić information content (AvgIpc) is 2.31. The summed E-state index contributed by atoms with van der Waals surface area (Å²) in [6.07, 6.45) is -4.82. The maximum atomic E-state index is 13.8. The van der Waals surface area contributed by atoms with E-state index < -0.39 is 46.6 Å². The van der Waals surface area contributed by atoms with Crippen molar-refractivity contribution in [2.75, 3.05) is 25.4 Å². The fourth-order valence-electron chi connectivity index (χ4n) is 1.60. The molecule has 3 N–H and O–H groups in total. The Kier molecular flexibility index (Phi) is 5.18. The molecule has 0 atom stereocenters. The fraction of sp³-hybridized carbons (Fsp3) is 0.455. The molecular weight excluding hydrogens is 316 g/mol. The van der Waals surface area contributed by atoms with Crippen LogP contribution in [-0.4, -0.2) is 43.7 Å². The number of hydrogen-bond acceptors (Lipinski definition) is 4. The van der Waals surface area contributed by atoms with Gasteiger partial charge in [-0.05, 0) is 24.6 Å². The molecule has 0 radical (unpaired) electrons. The first-order chi connectivity index (χ1) is 9.49. The Balaban J connectivity index is 3.32. The van der Waals surface area contributed by atoms with Gasteiger partial charge in [0.1, 0.15) is 17.3 Å². The third kappa shape index (κ3) is 4.29. The van der Waals surface area contributed by atoms with Gasteiger partial charge in [0, 0.05) is 12.2 Å². The molecule has 1 aromatic rings. The van der Waals surface area contributed by atoms with Crippen molar-refractivity contribution in [2.24, 2.45) is 0 Å². The number of anilines is 1. The van der Waals surface area contributed by atoms with Crippen LogP contribution in [0, 0.1) is 12.7 Å². The van der Waals surface area contributed by atoms with Gasteiger partial charge in [-0.25, -0.2) is 12.8 Å². The summed E-state index contributed by atoms with van der Waals surface area (Å²) in [5.74, 6) is -1.20. The van der Waals surface area contributed by atoms with Crippen LogP contribution in [0.2, 0.25) is 0 Å². The third-order valence-electron chi connectivity index (χ3n) is 2.64. The minimum absolute atomic E-state index is 0.0415. The Hall–Kier alpha value is -1.39. The van der Waals surface area contributed by atoms with Gasteiger partial charge in [-0.3, -0.25) is 0 Å². The standard InChI is InChI=1S/C11H14F4N2O3S/c1-7-4-8(12)10(5-9(7)16)21(19,20)17(2-3-18)6-11(13,14)15/h4-5,18H,2-3,6,16H2,1H3. The summed E-state index contributed by atoms with van der Waals surface area (Å²) in [4.78, 5) is -0.955. The number of rotatable bonds is 5. The monoisotopic (exact) mass is 330 g/mol. The molecule has 120 valence electrons. The molecule has 0 aromatic heterocycles. The van der Waals surface area contributed by atoms with Crippen LogP contribution >= 0.6 is 0 Å². The Morgan fingerprint density at radius 2 is 1.90 bits per heavy atom. The van der Waals surface area contributed by atoms with E-state index in [9.17, 15) is 26.0 Å². The van der Waals surface area contributed by atoms with Gasteiger partial charge in [0.05, 0.1) is 6.61 Å². The molecular formula is C11H14F4N2O3S. The summed E-state index contributed by atoms with van der Waals surface area (Å²) >= 11 is 0. The lowest BCUT2D eigenvalue weighted by Gasteiger charge is -2.23. The topological polar surface area (TPSA) is 83.6 Å². The molecule has 1 rings (SSSR count). The summed E-state index contributed by atoms with van der Waals surface area (Å²) in [5.41, 5.74) is 5.66. The normalized spacial score (nSPS) is 12.9. The lowest BCUT2D eigenvalue weighted by molar-refractivity contribution is -0.136. The first kappa shape index (κ1) is 17.7. The van der Waals surface area contributed by atoms with Crippen LogP contribution in [0.1, 0.15) is 5.56 Å². The number of aliphatic hydroxyl groups is 1. The fourth-order valence-corrected chi connectivity index (χ4v) is 3.10. The SMILES string of the molecule is Cc1cc(F)c(S(=O)(=O)N(CCO)CC(F)(F)F)cc1N. The summed E-state index contributed by atoms with van der Waals surface area (Å²) < 4.78 is 75.2. The van der Waals surface area contributed by atoms with Crippen molar-refractivity contribution in [1.29, 1.82) is 0 Å². The number of aryl methyl sites for hydroxylation is 1. The Labute approximate surface area is 119 Å². The average molecular weight is 330 g/mol. The van der Waals surface area contributed by atoms with E-state index in [1.807, 2.05) is 0 Å². The number of nitrogen functional groups attached to an aromatic ring is 1. The van der Waals surface area contributed by atoms with Crippen LogP contribution in [0.3, 0.4) is 0 Å². The Morgan fingerprint density at radius 3 is 2.38 bits per heavy atom. The quantitative estimate of drug-likeness (QED) is 0.629. The summed E-state index contributed by atoms with van der Waals surface area (Å²) in [6.45, 7) is -2.05. The highest BCUT2D eigenvalue weighted by Crippen LogP contribution is 2.27. The van der Waals surface area contributed by atoms with Gasteiger partial charge >= 0.3 is 6.18 Å². The number of hydrogen-bond donors (Lipinski definition) is 2. The smallest absolute Gasteiger partial charge is 0.398 e. The van der Waals surface area contributed by atoms with E-state index in [1.54, 1.807) is 0 Å². The predicted molar refractivity (Wildman–Crippen MR) is 67.4 cm³/mol. The number of sulfonamides is 1. The van der Waals surface area contributed by atoms with E-state index in [0.29, 0.717) is 0 Å². The van der Waals surface area contributed by atoms with Gasteiger partial charge in [0.25, 0.3) is 0 Å². The van der Waals surface area contributed by atoms with Crippen molar-refractivity contribution >= 4 is 15.7 Å². The van der Waals surface area contributed by atoms with Crippen molar-refractivity contribution in [3.63, 3.8) is 0 Å². The molecule has 0 aliphatic carbocycles. The zero-order chi connectivity index (χ0) is 16.4. The van der Waals surface area contributed by atoms with E-state index in [0.717, 1.165) is 12.1 Å². The third-order valence-corrected chi connectivity index (χ3v) is 4.50. The number of nitrogens with two attached hydrogens (primary N) is 1. The van der Waals surface area contributed by atoms with Crippen LogP contribution < -0.4 is 5.73 Å². The Bertz CT molecular complexity index is 617. The molecule has 0 fully saturated rings. The molecule has 0 spiro atoms. The van der Waals surface area contributed by atoms with Gasteiger partial charge in [-0.1, -0.05) is 0 Å². The van der Waals surface area contributed by atoms with Crippen LogP contribution in [-0.2, 0) is 10.0 Å². The second kappa shape index (κ2) is 6.16. The number of alkyl halides is 3. The molecule has 0 aliphatic heterocycles. The summed E-state index contributed by atoms with van der Waals surface area (Å²) in [5, 5.41) is 8.72. The number of benzene rings is 1. The van der Waals surface area contributed by atoms with E-state index in [2.05, 4.69) is 0 Å². The maximum Gasteiger partial charge on any atom is 0.402 e. The van der Waals surface area contributed by atoms with E-state index >= 15 is 0 Å². The van der Waals surface area contributed by atoms with Gasteiger partial charge in [0.2, 0.25) is 10.0 Å². The molecule has 10 heteroatoms. The van der Waals surface area contributed by atoms with E-state index in [-0.39, 0.29) is 15.6 Å². The number of aliphatic hydroxyl groups excluding tert-OH is 1. The summed E-state index contributed by atoms with van der Waals surface area (Å²) in [7, 11) is -4.77. The largest absolute Gasteiger partial charge is 0.402 e. The van der Waals surface area contributed by atoms with E-state index in [1.165, 1.54) is 6.92 Å². The molecule has 1 aromatic carbocycles. The van der Waals surface area contributed by atoms with Crippen LogP contribution in [0.25, 0.3) is 0 Å². The number of halogens is 4. The highest BCUT2D eigenvalue weighted by Gasteiger charge is 2.38. The first-order valence-corrected chi connectivity index (χ1v) is 7.16. The first-order valence-electron chi connectivity index (χ1n) is 5.72. The van der Waals surface area contributed by atoms with Crippen LogP contribution in [0.4, 0.5) is 23.2 Å². The minimum atomic E-state index is -4.82. The van der Waals surface area contributed by atoms with Crippen molar-refractivity contribution in [3.05, 3.63) is 23.5 Å². The van der Waals surface area contributed by atoms with Crippen LogP contribution in [0.5, 0.6) is 0 Å². The molecule has 5 nitrogen and oxygen atoms in total. The highest BCUT2D eigenvalue weighted by atomic mass is 32.2. The molecule has 0 aliphatic rings. The molecule has 0 saturated carbocycles. The number of nitrogens with zero attached hydrogens (tertiary/aromatic N) is 1. The van der Waals surface area contributed by atoms with Gasteiger partial charge in [-0.15, -0.1) is 0 Å². The van der Waals surface area contributed by atoms with Gasteiger partial charge in [-0.2, -0.15) is 17.5 Å². The maximum absolute atomic E-state index is 13.8. The molecule has 21 heavy (non-hydrogen) atoms. The lowest BCUT2D eigenvalue weighted by Crippen LogP contribution is -2.41. The van der Waals surface area contributed by atoms with Crippen molar-refractivity contribution < 1.29 is 31.1 Å². The lowest BCUT2D eigenvalue weighted by atomic mass is 10.2. The van der Waals surface area contributed by atoms with Crippen LogP contribution in [0.15, 0.2) is 17.0 Å². The van der Waals surface area contributed by atoms with Gasteiger partial charge < -0.3 is 10.8 Å².